The van der Waals surface area contributed by atoms with E-state index in [1.165, 1.54) is 0 Å². The summed E-state index contributed by atoms with van der Waals surface area (Å²) in [5.74, 6) is -0.384. The second-order valence-corrected chi connectivity index (χ2v) is 7.09. The average molecular weight is 369 g/mol. The van der Waals surface area contributed by atoms with Crippen LogP contribution in [0.4, 0.5) is 0 Å². The van der Waals surface area contributed by atoms with E-state index < -0.39 is 0 Å². The van der Waals surface area contributed by atoms with Crippen molar-refractivity contribution in [3.63, 3.8) is 0 Å². The summed E-state index contributed by atoms with van der Waals surface area (Å²) in [6.07, 6.45) is 2.99. The van der Waals surface area contributed by atoms with Crippen LogP contribution in [0.1, 0.15) is 42.4 Å². The fourth-order valence-electron chi connectivity index (χ4n) is 3.53. The van der Waals surface area contributed by atoms with Crippen molar-refractivity contribution in [2.24, 2.45) is 5.92 Å². The van der Waals surface area contributed by atoms with Crippen molar-refractivity contribution in [2.75, 3.05) is 6.54 Å². The first-order chi connectivity index (χ1) is 13.0. The van der Waals surface area contributed by atoms with Gasteiger partial charge in [0, 0.05) is 43.5 Å². The summed E-state index contributed by atoms with van der Waals surface area (Å²) in [5, 5.41) is 7.54. The zero-order valence-electron chi connectivity index (χ0n) is 16.2. The molecule has 3 heterocycles. The predicted octanol–water partition coefficient (Wildman–Crippen LogP) is 1.97. The SMILES string of the molecule is CCCn1nc(C)c(CNC(=O)[C@@H]2CC(=O)N(Cc3ccccn3)C2)c1C. The lowest BCUT2D eigenvalue weighted by Gasteiger charge is -2.16. The van der Waals surface area contributed by atoms with E-state index in [0.717, 1.165) is 35.6 Å². The van der Waals surface area contributed by atoms with Crippen LogP contribution in [0.5, 0.6) is 0 Å². The topological polar surface area (TPSA) is 80.1 Å². The van der Waals surface area contributed by atoms with Gasteiger partial charge in [-0.3, -0.25) is 19.3 Å². The molecule has 1 fully saturated rings. The summed E-state index contributed by atoms with van der Waals surface area (Å²) in [6.45, 7) is 8.33. The number of rotatable bonds is 7. The second kappa shape index (κ2) is 8.33. The van der Waals surface area contributed by atoms with Crippen LogP contribution in [-0.2, 0) is 29.2 Å². The minimum absolute atomic E-state index is 0.00364. The molecule has 1 saturated heterocycles. The van der Waals surface area contributed by atoms with Crippen LogP contribution >= 0.6 is 0 Å². The van der Waals surface area contributed by atoms with E-state index in [0.29, 0.717) is 19.6 Å². The Morgan fingerprint density at radius 2 is 2.15 bits per heavy atom. The molecule has 0 saturated carbocycles. The van der Waals surface area contributed by atoms with Gasteiger partial charge < -0.3 is 10.2 Å². The molecule has 7 nitrogen and oxygen atoms in total. The summed E-state index contributed by atoms with van der Waals surface area (Å²) in [5.41, 5.74) is 3.93. The number of aromatic nitrogens is 3. The van der Waals surface area contributed by atoms with E-state index in [4.69, 9.17) is 0 Å². The van der Waals surface area contributed by atoms with Crippen LogP contribution in [0.25, 0.3) is 0 Å². The third-order valence-electron chi connectivity index (χ3n) is 5.07. The van der Waals surface area contributed by atoms with E-state index in [-0.39, 0.29) is 24.2 Å². The van der Waals surface area contributed by atoms with Gasteiger partial charge in [0.2, 0.25) is 11.8 Å². The molecule has 1 aliphatic heterocycles. The molecular weight excluding hydrogens is 342 g/mol. The van der Waals surface area contributed by atoms with Crippen molar-refractivity contribution in [3.05, 3.63) is 47.0 Å². The minimum Gasteiger partial charge on any atom is -0.352 e. The normalized spacial score (nSPS) is 16.8. The molecule has 0 aliphatic carbocycles. The molecule has 0 bridgehead atoms. The number of aryl methyl sites for hydroxylation is 2. The zero-order chi connectivity index (χ0) is 19.4. The maximum Gasteiger partial charge on any atom is 0.225 e. The van der Waals surface area contributed by atoms with Gasteiger partial charge in [-0.05, 0) is 32.4 Å². The fraction of sp³-hybridized carbons (Fsp3) is 0.500. The Balaban J connectivity index is 1.57. The van der Waals surface area contributed by atoms with Crippen LogP contribution in [-0.4, -0.2) is 38.0 Å². The van der Waals surface area contributed by atoms with Crippen molar-refractivity contribution in [1.29, 1.82) is 0 Å². The van der Waals surface area contributed by atoms with Crippen molar-refractivity contribution in [1.82, 2.24) is 25.0 Å². The number of carbonyl (C=O) groups is 2. The number of pyridine rings is 1. The van der Waals surface area contributed by atoms with Gasteiger partial charge in [0.15, 0.2) is 0 Å². The van der Waals surface area contributed by atoms with Gasteiger partial charge in [-0.25, -0.2) is 0 Å². The molecule has 2 aromatic heterocycles. The Morgan fingerprint density at radius 1 is 1.33 bits per heavy atom. The lowest BCUT2D eigenvalue weighted by molar-refractivity contribution is -0.129. The van der Waals surface area contributed by atoms with Gasteiger partial charge in [-0.1, -0.05) is 13.0 Å². The smallest absolute Gasteiger partial charge is 0.225 e. The second-order valence-electron chi connectivity index (χ2n) is 7.09. The van der Waals surface area contributed by atoms with Crippen molar-refractivity contribution < 1.29 is 9.59 Å². The molecule has 0 aromatic carbocycles. The van der Waals surface area contributed by atoms with Crippen LogP contribution in [0.3, 0.4) is 0 Å². The monoisotopic (exact) mass is 369 g/mol. The Kier molecular flexibility index (Phi) is 5.88. The fourth-order valence-corrected chi connectivity index (χ4v) is 3.53. The maximum absolute atomic E-state index is 12.6. The first-order valence-electron chi connectivity index (χ1n) is 9.47. The van der Waals surface area contributed by atoms with Crippen molar-refractivity contribution in [2.45, 2.75) is 53.2 Å². The number of hydrogen-bond donors (Lipinski definition) is 1. The molecule has 0 spiro atoms. The van der Waals surface area contributed by atoms with E-state index >= 15 is 0 Å². The molecule has 7 heteroatoms. The molecule has 2 aromatic rings. The van der Waals surface area contributed by atoms with Gasteiger partial charge in [0.1, 0.15) is 0 Å². The number of amides is 2. The van der Waals surface area contributed by atoms with Crippen LogP contribution in [0.2, 0.25) is 0 Å². The standard InChI is InChI=1S/C20H27N5O2/c1-4-9-25-15(3)18(14(2)23-25)11-22-20(27)16-10-19(26)24(12-16)13-17-7-5-6-8-21-17/h5-8,16H,4,9-13H2,1-3H3,(H,22,27)/t16-/m1/s1. The maximum atomic E-state index is 12.6. The highest BCUT2D eigenvalue weighted by atomic mass is 16.2. The number of carbonyl (C=O) groups excluding carboxylic acids is 2. The largest absolute Gasteiger partial charge is 0.352 e. The quantitative estimate of drug-likeness (QED) is 0.809. The van der Waals surface area contributed by atoms with Gasteiger partial charge in [0.05, 0.1) is 23.9 Å². The third kappa shape index (κ3) is 4.35. The summed E-state index contributed by atoms with van der Waals surface area (Å²) < 4.78 is 1.99. The van der Waals surface area contributed by atoms with Gasteiger partial charge >= 0.3 is 0 Å². The highest BCUT2D eigenvalue weighted by Gasteiger charge is 2.34. The van der Waals surface area contributed by atoms with Gasteiger partial charge in [-0.15, -0.1) is 0 Å². The number of hydrogen-bond acceptors (Lipinski definition) is 4. The predicted molar refractivity (Wildman–Crippen MR) is 102 cm³/mol. The molecule has 27 heavy (non-hydrogen) atoms. The molecule has 1 atom stereocenters. The van der Waals surface area contributed by atoms with Crippen LogP contribution in [0, 0.1) is 19.8 Å². The van der Waals surface area contributed by atoms with Gasteiger partial charge in [-0.2, -0.15) is 5.10 Å². The van der Waals surface area contributed by atoms with E-state index in [1.807, 2.05) is 36.7 Å². The van der Waals surface area contributed by atoms with Crippen molar-refractivity contribution in [3.8, 4) is 0 Å². The molecule has 1 aliphatic rings. The lowest BCUT2D eigenvalue weighted by atomic mass is 10.1. The van der Waals surface area contributed by atoms with E-state index in [1.54, 1.807) is 11.1 Å². The summed E-state index contributed by atoms with van der Waals surface area (Å²) in [4.78, 5) is 30.8. The molecule has 0 unspecified atom stereocenters. The Morgan fingerprint density at radius 3 is 2.85 bits per heavy atom. The minimum atomic E-state index is -0.312. The molecule has 2 amide bonds. The first-order valence-corrected chi connectivity index (χ1v) is 9.47. The molecule has 0 radical (unpaired) electrons. The Hall–Kier alpha value is -2.70. The highest BCUT2D eigenvalue weighted by Crippen LogP contribution is 2.20. The van der Waals surface area contributed by atoms with E-state index in [2.05, 4.69) is 22.3 Å². The van der Waals surface area contributed by atoms with Crippen LogP contribution in [0.15, 0.2) is 24.4 Å². The van der Waals surface area contributed by atoms with Gasteiger partial charge in [0.25, 0.3) is 0 Å². The summed E-state index contributed by atoms with van der Waals surface area (Å²) in [7, 11) is 0. The Bertz CT molecular complexity index is 815. The summed E-state index contributed by atoms with van der Waals surface area (Å²) >= 11 is 0. The molecule has 1 N–H and O–H groups in total. The molecule has 144 valence electrons. The first kappa shape index (κ1) is 19.1. The highest BCUT2D eigenvalue weighted by molar-refractivity contribution is 5.89. The van der Waals surface area contributed by atoms with E-state index in [9.17, 15) is 9.59 Å². The van der Waals surface area contributed by atoms with Crippen LogP contribution < -0.4 is 5.32 Å². The van der Waals surface area contributed by atoms with Crippen molar-refractivity contribution >= 4 is 11.8 Å². The molecule has 3 rings (SSSR count). The number of nitrogens with one attached hydrogen (secondary N) is 1. The summed E-state index contributed by atoms with van der Waals surface area (Å²) in [6, 6.07) is 5.63. The number of likely N-dealkylation sites (tertiary alicyclic amines) is 1. The number of nitrogens with zero attached hydrogens (tertiary/aromatic N) is 4. The molecular formula is C20H27N5O2. The lowest BCUT2D eigenvalue weighted by Crippen LogP contribution is -2.32. The third-order valence-corrected chi connectivity index (χ3v) is 5.07. The Labute approximate surface area is 159 Å². The average Bonchev–Trinajstić information content (AvgIpc) is 3.14. The zero-order valence-corrected chi connectivity index (χ0v) is 16.2.